The van der Waals surface area contributed by atoms with Crippen molar-refractivity contribution >= 4 is 11.9 Å². The van der Waals surface area contributed by atoms with Gasteiger partial charge in [0.2, 0.25) is 5.91 Å². The first-order chi connectivity index (χ1) is 15.5. The van der Waals surface area contributed by atoms with Crippen LogP contribution in [0.15, 0.2) is 85.1 Å². The number of benzene rings is 3. The minimum absolute atomic E-state index is 0.0520. The summed E-state index contributed by atoms with van der Waals surface area (Å²) in [6, 6.07) is 23.4. The Morgan fingerprint density at radius 2 is 1.62 bits per heavy atom. The summed E-state index contributed by atoms with van der Waals surface area (Å²) in [5.41, 5.74) is 8.83. The highest BCUT2D eigenvalue weighted by Gasteiger charge is 2.20. The number of ether oxygens (including phenoxy) is 2. The normalized spacial score (nSPS) is 10.5. The Labute approximate surface area is 185 Å². The highest BCUT2D eigenvalue weighted by Crippen LogP contribution is 2.26. The Morgan fingerprint density at radius 1 is 0.938 bits per heavy atom. The number of amides is 1. The van der Waals surface area contributed by atoms with Gasteiger partial charge in [0.15, 0.2) is 0 Å². The zero-order chi connectivity index (χ0) is 22.5. The zero-order valence-corrected chi connectivity index (χ0v) is 17.4. The van der Waals surface area contributed by atoms with E-state index in [2.05, 4.69) is 5.10 Å². The van der Waals surface area contributed by atoms with E-state index >= 15 is 0 Å². The van der Waals surface area contributed by atoms with E-state index in [0.29, 0.717) is 22.6 Å². The van der Waals surface area contributed by atoms with Crippen LogP contribution < -0.4 is 10.5 Å². The maximum atomic E-state index is 13.0. The molecule has 2 N–H and O–H groups in total. The van der Waals surface area contributed by atoms with Crippen molar-refractivity contribution in [2.45, 2.75) is 6.61 Å². The minimum Gasteiger partial charge on any atom is -0.497 e. The molecule has 4 aromatic rings. The van der Waals surface area contributed by atoms with E-state index in [0.717, 1.165) is 16.8 Å². The van der Waals surface area contributed by atoms with Crippen molar-refractivity contribution in [1.82, 2.24) is 9.78 Å². The minimum atomic E-state index is -0.508. The smallest absolute Gasteiger partial charge is 0.342 e. The first-order valence-corrected chi connectivity index (χ1v) is 9.90. The molecule has 4 rings (SSSR count). The fourth-order valence-corrected chi connectivity index (χ4v) is 3.19. The van der Waals surface area contributed by atoms with Crippen LogP contribution in [0.3, 0.4) is 0 Å². The second-order valence-electron chi connectivity index (χ2n) is 7.04. The molecule has 0 bridgehead atoms. The van der Waals surface area contributed by atoms with Gasteiger partial charge >= 0.3 is 5.97 Å². The summed E-state index contributed by atoms with van der Waals surface area (Å²) in [7, 11) is 1.60. The molecule has 0 atom stereocenters. The molecule has 7 heteroatoms. The summed E-state index contributed by atoms with van der Waals surface area (Å²) >= 11 is 0. The van der Waals surface area contributed by atoms with E-state index in [1.165, 1.54) is 0 Å². The predicted octanol–water partition coefficient (Wildman–Crippen LogP) is 4.00. The lowest BCUT2D eigenvalue weighted by molar-refractivity contribution is 0.0473. The third kappa shape index (κ3) is 4.52. The highest BCUT2D eigenvalue weighted by molar-refractivity contribution is 5.96. The molecule has 0 saturated heterocycles. The number of carbonyl (C=O) groups is 2. The molecule has 0 saturated carbocycles. The Kier molecular flexibility index (Phi) is 5.98. The molecule has 0 aliphatic carbocycles. The quantitative estimate of drug-likeness (QED) is 0.450. The van der Waals surface area contributed by atoms with Crippen LogP contribution in [0.1, 0.15) is 26.3 Å². The fraction of sp³-hybridized carbons (Fsp3) is 0.0800. The van der Waals surface area contributed by atoms with E-state index in [9.17, 15) is 9.59 Å². The molecule has 160 valence electrons. The van der Waals surface area contributed by atoms with Crippen molar-refractivity contribution < 1.29 is 19.1 Å². The molecule has 0 spiro atoms. The van der Waals surface area contributed by atoms with Gasteiger partial charge in [-0.05, 0) is 54.1 Å². The lowest BCUT2D eigenvalue weighted by Gasteiger charge is -2.06. The molecule has 0 aliphatic heterocycles. The monoisotopic (exact) mass is 427 g/mol. The summed E-state index contributed by atoms with van der Waals surface area (Å²) in [6.45, 7) is 0.0520. The van der Waals surface area contributed by atoms with Gasteiger partial charge in [0, 0.05) is 17.3 Å². The lowest BCUT2D eigenvalue weighted by Crippen LogP contribution is -2.11. The van der Waals surface area contributed by atoms with Gasteiger partial charge in [0.25, 0.3) is 0 Å². The number of nitrogens with zero attached hydrogens (tertiary/aromatic N) is 2. The number of primary amides is 1. The number of rotatable bonds is 7. The van der Waals surface area contributed by atoms with Crippen molar-refractivity contribution in [3.63, 3.8) is 0 Å². The number of esters is 1. The number of carbonyl (C=O) groups excluding carboxylic acids is 2. The maximum absolute atomic E-state index is 13.0. The van der Waals surface area contributed by atoms with E-state index < -0.39 is 11.9 Å². The van der Waals surface area contributed by atoms with Gasteiger partial charge in [-0.25, -0.2) is 9.48 Å². The van der Waals surface area contributed by atoms with Crippen LogP contribution in [0.4, 0.5) is 0 Å². The molecule has 0 unspecified atom stereocenters. The Hall–Kier alpha value is -4.39. The van der Waals surface area contributed by atoms with Crippen molar-refractivity contribution in [1.29, 1.82) is 0 Å². The van der Waals surface area contributed by atoms with Gasteiger partial charge in [-0.3, -0.25) is 4.79 Å². The Bertz CT molecular complexity index is 1230. The standard InChI is InChI=1S/C25H21N3O4/c1-31-21-13-11-18(12-14-21)23-22(15-28(27-23)20-5-3-2-4-6-20)25(30)32-16-17-7-9-19(10-8-17)24(26)29/h2-15H,16H2,1H3,(H2,26,29). The fourth-order valence-electron chi connectivity index (χ4n) is 3.19. The molecule has 3 aromatic carbocycles. The second kappa shape index (κ2) is 9.18. The van der Waals surface area contributed by atoms with E-state index in [4.69, 9.17) is 15.2 Å². The largest absolute Gasteiger partial charge is 0.497 e. The number of hydrogen-bond acceptors (Lipinski definition) is 5. The Balaban J connectivity index is 1.62. The third-order valence-electron chi connectivity index (χ3n) is 4.93. The molecule has 1 heterocycles. The zero-order valence-electron chi connectivity index (χ0n) is 17.4. The van der Waals surface area contributed by atoms with Crippen molar-refractivity contribution in [2.75, 3.05) is 7.11 Å². The van der Waals surface area contributed by atoms with Gasteiger partial charge in [0.05, 0.1) is 12.8 Å². The number of nitrogens with two attached hydrogens (primary N) is 1. The molecule has 7 nitrogen and oxygen atoms in total. The first-order valence-electron chi connectivity index (χ1n) is 9.90. The van der Waals surface area contributed by atoms with E-state index in [1.807, 2.05) is 54.6 Å². The summed E-state index contributed by atoms with van der Waals surface area (Å²) in [5, 5.41) is 4.64. The third-order valence-corrected chi connectivity index (χ3v) is 4.93. The maximum Gasteiger partial charge on any atom is 0.342 e. The van der Waals surface area contributed by atoms with Crippen LogP contribution in [-0.4, -0.2) is 28.8 Å². The number of hydrogen-bond donors (Lipinski definition) is 1. The van der Waals surface area contributed by atoms with Gasteiger partial charge < -0.3 is 15.2 Å². The van der Waals surface area contributed by atoms with Gasteiger partial charge in [-0.1, -0.05) is 30.3 Å². The molecule has 0 fully saturated rings. The average Bonchev–Trinajstić information content (AvgIpc) is 3.29. The SMILES string of the molecule is COc1ccc(-c2nn(-c3ccccc3)cc2C(=O)OCc2ccc(C(N)=O)cc2)cc1. The molecule has 1 aromatic heterocycles. The van der Waals surface area contributed by atoms with Crippen molar-refractivity contribution in [3.05, 3.63) is 102 Å². The highest BCUT2D eigenvalue weighted by atomic mass is 16.5. The summed E-state index contributed by atoms with van der Waals surface area (Å²) < 4.78 is 12.4. The van der Waals surface area contributed by atoms with Gasteiger partial charge in [-0.15, -0.1) is 0 Å². The van der Waals surface area contributed by atoms with E-state index in [-0.39, 0.29) is 6.61 Å². The molecule has 1 amide bonds. The van der Waals surface area contributed by atoms with Crippen LogP contribution >= 0.6 is 0 Å². The van der Waals surface area contributed by atoms with Gasteiger partial charge in [0.1, 0.15) is 23.6 Å². The van der Waals surface area contributed by atoms with Crippen molar-refractivity contribution in [3.8, 4) is 22.7 Å². The number of methoxy groups -OCH3 is 1. The van der Waals surface area contributed by atoms with Crippen LogP contribution in [0.25, 0.3) is 16.9 Å². The summed E-state index contributed by atoms with van der Waals surface area (Å²) in [5.74, 6) is -0.303. The average molecular weight is 427 g/mol. The number of para-hydroxylation sites is 1. The summed E-state index contributed by atoms with van der Waals surface area (Å²) in [4.78, 5) is 24.2. The van der Waals surface area contributed by atoms with E-state index in [1.54, 1.807) is 42.3 Å². The molecular weight excluding hydrogens is 406 g/mol. The number of aromatic nitrogens is 2. The summed E-state index contributed by atoms with van der Waals surface area (Å²) in [6.07, 6.45) is 1.66. The molecule has 0 radical (unpaired) electrons. The van der Waals surface area contributed by atoms with Crippen LogP contribution in [0.5, 0.6) is 5.75 Å². The van der Waals surface area contributed by atoms with Crippen LogP contribution in [-0.2, 0) is 11.3 Å². The predicted molar refractivity (Wildman–Crippen MR) is 120 cm³/mol. The van der Waals surface area contributed by atoms with Crippen molar-refractivity contribution in [2.24, 2.45) is 5.73 Å². The molecular formula is C25H21N3O4. The molecule has 0 aliphatic rings. The topological polar surface area (TPSA) is 96.4 Å². The van der Waals surface area contributed by atoms with Crippen LogP contribution in [0.2, 0.25) is 0 Å². The first kappa shape index (κ1) is 20.9. The van der Waals surface area contributed by atoms with Gasteiger partial charge in [-0.2, -0.15) is 5.10 Å². The molecule has 32 heavy (non-hydrogen) atoms. The second-order valence-corrected chi connectivity index (χ2v) is 7.04. The lowest BCUT2D eigenvalue weighted by atomic mass is 10.1. The Morgan fingerprint density at radius 3 is 2.25 bits per heavy atom. The van der Waals surface area contributed by atoms with Crippen LogP contribution in [0, 0.1) is 0 Å².